The molecule has 4 fully saturated rings. The average Bonchev–Trinajstić information content (AvgIpc) is 2.73. The Labute approximate surface area is 177 Å². The minimum absolute atomic E-state index is 0.0690. The Balaban J connectivity index is 1.15. The summed E-state index contributed by atoms with van der Waals surface area (Å²) in [5.74, 6) is 4.66. The van der Waals surface area contributed by atoms with E-state index in [1.807, 2.05) is 24.3 Å². The van der Waals surface area contributed by atoms with Crippen LogP contribution in [0, 0.1) is 17.8 Å². The van der Waals surface area contributed by atoms with Crippen LogP contribution in [0.5, 0.6) is 11.5 Å². The standard InChI is InChI=1S/C24H29N3O3/c1-29-20-3-2-4-21(10-20)30-15-23(28)26-19-5-6-22(25-14-19)27-24-11-16-7-17(12-24)9-18(8-16)13-24/h2-6,10,14,16-18H,7-9,11-13,15H2,1H3,(H,25,27)(H,26,28). The second-order valence-electron chi connectivity index (χ2n) is 9.27. The molecule has 0 atom stereocenters. The topological polar surface area (TPSA) is 72.5 Å². The lowest BCUT2D eigenvalue weighted by Crippen LogP contribution is -2.54. The number of carbonyl (C=O) groups is 1. The summed E-state index contributed by atoms with van der Waals surface area (Å²) in [6.45, 7) is -0.0690. The van der Waals surface area contributed by atoms with Gasteiger partial charge in [-0.1, -0.05) is 6.07 Å². The smallest absolute Gasteiger partial charge is 0.262 e. The summed E-state index contributed by atoms with van der Waals surface area (Å²) in [4.78, 5) is 16.8. The van der Waals surface area contributed by atoms with Crippen molar-refractivity contribution in [2.24, 2.45) is 17.8 Å². The van der Waals surface area contributed by atoms with E-state index >= 15 is 0 Å². The molecule has 2 aromatic rings. The molecule has 6 nitrogen and oxygen atoms in total. The zero-order valence-corrected chi connectivity index (χ0v) is 17.4. The first-order chi connectivity index (χ1) is 14.6. The van der Waals surface area contributed by atoms with Crippen LogP contribution in [0.2, 0.25) is 0 Å². The number of hydrogen-bond donors (Lipinski definition) is 2. The third kappa shape index (κ3) is 4.09. The number of pyridine rings is 1. The third-order valence-corrected chi connectivity index (χ3v) is 6.89. The first-order valence-corrected chi connectivity index (χ1v) is 10.9. The molecule has 0 unspecified atom stereocenters. The molecule has 2 N–H and O–H groups in total. The van der Waals surface area contributed by atoms with Crippen molar-refractivity contribution in [1.29, 1.82) is 0 Å². The van der Waals surface area contributed by atoms with E-state index in [9.17, 15) is 4.79 Å². The molecule has 4 aliphatic rings. The predicted octanol–water partition coefficient (Wildman–Crippen LogP) is 4.49. The zero-order chi connectivity index (χ0) is 20.6. The number of hydrogen-bond acceptors (Lipinski definition) is 5. The van der Waals surface area contributed by atoms with E-state index in [2.05, 4.69) is 15.6 Å². The Morgan fingerprint density at radius 2 is 1.77 bits per heavy atom. The van der Waals surface area contributed by atoms with Gasteiger partial charge in [-0.2, -0.15) is 0 Å². The van der Waals surface area contributed by atoms with Gasteiger partial charge in [-0.25, -0.2) is 4.98 Å². The van der Waals surface area contributed by atoms with Crippen molar-refractivity contribution in [1.82, 2.24) is 4.98 Å². The summed E-state index contributed by atoms with van der Waals surface area (Å²) in [6.07, 6.45) is 9.83. The summed E-state index contributed by atoms with van der Waals surface area (Å²) in [5, 5.41) is 6.61. The highest BCUT2D eigenvalue weighted by atomic mass is 16.5. The van der Waals surface area contributed by atoms with Crippen molar-refractivity contribution in [3.05, 3.63) is 42.6 Å². The summed E-state index contributed by atoms with van der Waals surface area (Å²) >= 11 is 0. The van der Waals surface area contributed by atoms with Crippen LogP contribution >= 0.6 is 0 Å². The number of nitrogens with zero attached hydrogens (tertiary/aromatic N) is 1. The minimum Gasteiger partial charge on any atom is -0.497 e. The van der Waals surface area contributed by atoms with Crippen LogP contribution < -0.4 is 20.1 Å². The fraction of sp³-hybridized carbons (Fsp3) is 0.500. The predicted molar refractivity (Wildman–Crippen MR) is 116 cm³/mol. The summed E-state index contributed by atoms with van der Waals surface area (Å²) in [5.41, 5.74) is 0.905. The number of methoxy groups -OCH3 is 1. The van der Waals surface area contributed by atoms with Gasteiger partial charge >= 0.3 is 0 Å². The third-order valence-electron chi connectivity index (χ3n) is 6.89. The van der Waals surface area contributed by atoms with Crippen molar-refractivity contribution >= 4 is 17.4 Å². The molecule has 6 rings (SSSR count). The van der Waals surface area contributed by atoms with E-state index < -0.39 is 0 Å². The molecule has 30 heavy (non-hydrogen) atoms. The van der Waals surface area contributed by atoms with Crippen molar-refractivity contribution < 1.29 is 14.3 Å². The molecule has 1 aromatic heterocycles. The Morgan fingerprint density at radius 3 is 2.40 bits per heavy atom. The van der Waals surface area contributed by atoms with Crippen LogP contribution in [0.25, 0.3) is 0 Å². The summed E-state index contributed by atoms with van der Waals surface area (Å²) < 4.78 is 10.7. The van der Waals surface area contributed by atoms with Gasteiger partial charge in [0.2, 0.25) is 0 Å². The first kappa shape index (κ1) is 19.2. The van der Waals surface area contributed by atoms with Crippen molar-refractivity contribution in [2.45, 2.75) is 44.1 Å². The van der Waals surface area contributed by atoms with Crippen LogP contribution in [0.15, 0.2) is 42.6 Å². The quantitative estimate of drug-likeness (QED) is 0.708. The summed E-state index contributed by atoms with van der Waals surface area (Å²) in [7, 11) is 1.60. The number of aromatic nitrogens is 1. The van der Waals surface area contributed by atoms with Gasteiger partial charge in [-0.15, -0.1) is 0 Å². The van der Waals surface area contributed by atoms with Gasteiger partial charge in [0.1, 0.15) is 17.3 Å². The molecule has 0 saturated heterocycles. The highest BCUT2D eigenvalue weighted by molar-refractivity contribution is 5.91. The van der Waals surface area contributed by atoms with Crippen LogP contribution in [0.1, 0.15) is 38.5 Å². The van der Waals surface area contributed by atoms with Gasteiger partial charge in [0.15, 0.2) is 6.61 Å². The molecular weight excluding hydrogens is 378 g/mol. The number of amides is 1. The fourth-order valence-electron chi connectivity index (χ4n) is 6.11. The normalized spacial score (nSPS) is 28.8. The van der Waals surface area contributed by atoms with Crippen LogP contribution in [0.3, 0.4) is 0 Å². The number of carbonyl (C=O) groups excluding carboxylic acids is 1. The minimum atomic E-state index is -0.221. The van der Waals surface area contributed by atoms with Gasteiger partial charge in [-0.3, -0.25) is 4.79 Å². The molecule has 0 aliphatic heterocycles. The SMILES string of the molecule is COc1cccc(OCC(=O)Nc2ccc(NC34CC5CC(CC(C5)C3)C4)nc2)c1. The number of anilines is 2. The number of benzene rings is 1. The molecule has 0 radical (unpaired) electrons. The van der Waals surface area contributed by atoms with E-state index in [-0.39, 0.29) is 18.1 Å². The second kappa shape index (κ2) is 7.82. The van der Waals surface area contributed by atoms with Crippen LogP contribution in [-0.2, 0) is 4.79 Å². The Bertz CT molecular complexity index is 877. The maximum atomic E-state index is 12.2. The lowest BCUT2D eigenvalue weighted by atomic mass is 9.53. The molecule has 4 aliphatic carbocycles. The van der Waals surface area contributed by atoms with E-state index in [4.69, 9.17) is 9.47 Å². The Hall–Kier alpha value is -2.76. The molecule has 1 heterocycles. The average molecular weight is 408 g/mol. The van der Waals surface area contributed by atoms with Gasteiger partial charge in [0.25, 0.3) is 5.91 Å². The van der Waals surface area contributed by atoms with E-state index in [1.54, 1.807) is 25.4 Å². The highest BCUT2D eigenvalue weighted by Gasteiger charge is 2.51. The number of ether oxygens (including phenoxy) is 2. The maximum Gasteiger partial charge on any atom is 0.262 e. The van der Waals surface area contributed by atoms with Crippen molar-refractivity contribution in [3.8, 4) is 11.5 Å². The Kier molecular flexibility index (Phi) is 5.01. The number of rotatable bonds is 7. The monoisotopic (exact) mass is 407 g/mol. The van der Waals surface area contributed by atoms with Crippen LogP contribution in [0.4, 0.5) is 11.5 Å². The van der Waals surface area contributed by atoms with Gasteiger partial charge < -0.3 is 20.1 Å². The highest BCUT2D eigenvalue weighted by Crippen LogP contribution is 2.56. The molecule has 0 spiro atoms. The molecule has 158 valence electrons. The first-order valence-electron chi connectivity index (χ1n) is 10.9. The van der Waals surface area contributed by atoms with E-state index in [1.165, 1.54) is 38.5 Å². The van der Waals surface area contributed by atoms with Gasteiger partial charge in [0, 0.05) is 11.6 Å². The largest absolute Gasteiger partial charge is 0.497 e. The lowest BCUT2D eigenvalue weighted by molar-refractivity contribution is -0.118. The van der Waals surface area contributed by atoms with E-state index in [0.29, 0.717) is 17.2 Å². The molecule has 1 aromatic carbocycles. The molecule has 1 amide bonds. The fourth-order valence-corrected chi connectivity index (χ4v) is 6.11. The number of nitrogens with one attached hydrogen (secondary N) is 2. The van der Waals surface area contributed by atoms with Crippen molar-refractivity contribution in [2.75, 3.05) is 24.4 Å². The zero-order valence-electron chi connectivity index (χ0n) is 17.4. The van der Waals surface area contributed by atoms with Gasteiger partial charge in [0.05, 0.1) is 19.0 Å². The molecule has 4 bridgehead atoms. The summed E-state index contributed by atoms with van der Waals surface area (Å²) in [6, 6.07) is 11.1. The lowest BCUT2D eigenvalue weighted by Gasteiger charge is -2.57. The van der Waals surface area contributed by atoms with Gasteiger partial charge in [-0.05, 0) is 80.5 Å². The molecule has 4 saturated carbocycles. The molecular formula is C24H29N3O3. The van der Waals surface area contributed by atoms with Crippen molar-refractivity contribution in [3.63, 3.8) is 0 Å². The van der Waals surface area contributed by atoms with E-state index in [0.717, 1.165) is 23.6 Å². The van der Waals surface area contributed by atoms with Crippen LogP contribution in [-0.4, -0.2) is 30.1 Å². The molecule has 6 heteroatoms. The Morgan fingerprint density at radius 1 is 1.07 bits per heavy atom. The maximum absolute atomic E-state index is 12.2. The second-order valence-corrected chi connectivity index (χ2v) is 9.27.